The van der Waals surface area contributed by atoms with Crippen molar-refractivity contribution >= 4 is 29.5 Å². The monoisotopic (exact) mass is 419 g/mol. The molecule has 0 N–H and O–H groups in total. The van der Waals surface area contributed by atoms with Crippen molar-refractivity contribution in [3.8, 4) is 6.07 Å². The third-order valence-electron chi connectivity index (χ3n) is 6.31. The number of hydrogen-bond acceptors (Lipinski definition) is 3. The maximum absolute atomic E-state index is 13.2. The van der Waals surface area contributed by atoms with E-state index < -0.39 is 5.41 Å². The van der Waals surface area contributed by atoms with E-state index in [4.69, 9.17) is 11.8 Å². The van der Waals surface area contributed by atoms with Crippen molar-refractivity contribution in [2.75, 3.05) is 13.1 Å². The molecule has 0 bridgehead atoms. The molecule has 2 aromatic rings. The summed E-state index contributed by atoms with van der Waals surface area (Å²) in [5, 5.41) is 9.02. The first-order valence-corrected chi connectivity index (χ1v) is 10.4. The Hall–Kier alpha value is -4.22. The van der Waals surface area contributed by atoms with Gasteiger partial charge in [0.05, 0.1) is 18.2 Å². The minimum atomic E-state index is -0.415. The predicted octanol–water partition coefficient (Wildman–Crippen LogP) is 4.95. The molecule has 32 heavy (non-hydrogen) atoms. The molecule has 1 aliphatic heterocycles. The lowest BCUT2D eigenvalue weighted by Gasteiger charge is -2.50. The lowest BCUT2D eigenvalue weighted by atomic mass is 9.54. The Labute approximate surface area is 187 Å². The minimum Gasteiger partial charge on any atom is -0.339 e. The van der Waals surface area contributed by atoms with Gasteiger partial charge < -0.3 is 4.90 Å². The van der Waals surface area contributed by atoms with E-state index in [0.29, 0.717) is 37.2 Å². The molecule has 156 valence electrons. The quantitative estimate of drug-likeness (QED) is 0.522. The van der Waals surface area contributed by atoms with Gasteiger partial charge in [0.1, 0.15) is 0 Å². The molecule has 5 nitrogen and oxygen atoms in total. The second-order valence-electron chi connectivity index (χ2n) is 7.99. The third-order valence-corrected chi connectivity index (χ3v) is 6.31. The van der Waals surface area contributed by atoms with E-state index >= 15 is 0 Å². The van der Waals surface area contributed by atoms with Crippen LogP contribution in [-0.2, 0) is 9.59 Å². The molecule has 1 amide bonds. The molecule has 2 fully saturated rings. The number of benzene rings is 2. The number of nitriles is 1. The highest BCUT2D eigenvalue weighted by atomic mass is 16.2. The van der Waals surface area contributed by atoms with Crippen LogP contribution in [0.4, 0.5) is 5.69 Å². The van der Waals surface area contributed by atoms with Crippen molar-refractivity contribution in [1.29, 1.82) is 5.26 Å². The molecule has 0 atom stereocenters. The van der Waals surface area contributed by atoms with Crippen LogP contribution in [0.3, 0.4) is 0 Å². The Morgan fingerprint density at radius 2 is 1.56 bits per heavy atom. The van der Waals surface area contributed by atoms with Crippen molar-refractivity contribution in [3.05, 3.63) is 100 Å². The molecule has 2 aliphatic rings. The molecule has 0 radical (unpaired) electrons. The number of Topliss-reactive ketones (excluding diaryl/α,β-unsaturated/α-hetero) is 1. The number of rotatable bonds is 3. The van der Waals surface area contributed by atoms with Gasteiger partial charge in [-0.1, -0.05) is 43.0 Å². The van der Waals surface area contributed by atoms with Crippen LogP contribution in [0.1, 0.15) is 29.5 Å². The molecule has 2 aromatic carbocycles. The first-order chi connectivity index (χ1) is 15.5. The number of hydrogen-bond donors (Lipinski definition) is 0. The second-order valence-corrected chi connectivity index (χ2v) is 7.99. The van der Waals surface area contributed by atoms with Crippen molar-refractivity contribution < 1.29 is 9.59 Å². The average Bonchev–Trinajstić information content (AvgIpc) is 2.86. The van der Waals surface area contributed by atoms with Gasteiger partial charge >= 0.3 is 0 Å². The van der Waals surface area contributed by atoms with Gasteiger partial charge in [-0.05, 0) is 54.3 Å². The van der Waals surface area contributed by atoms with E-state index in [1.807, 2.05) is 36.4 Å². The van der Waals surface area contributed by atoms with Gasteiger partial charge in [0.25, 0.3) is 0 Å². The molecule has 1 spiro atoms. The summed E-state index contributed by atoms with van der Waals surface area (Å²) < 4.78 is 0. The minimum absolute atomic E-state index is 0.00659. The van der Waals surface area contributed by atoms with Gasteiger partial charge in [-0.3, -0.25) is 9.59 Å². The SMILES string of the molecule is [C-]#[N+]c1ccc(/C=C2/C(=O)/C(=C/c3ccc(C#N)cc3)C23CCN(C(=O)C=C)CC3)cc1. The Bertz CT molecular complexity index is 1150. The van der Waals surface area contributed by atoms with Crippen LogP contribution in [0, 0.1) is 23.3 Å². The molecule has 1 heterocycles. The van der Waals surface area contributed by atoms with Crippen LogP contribution in [0.25, 0.3) is 17.0 Å². The van der Waals surface area contributed by atoms with Crippen LogP contribution in [0.5, 0.6) is 0 Å². The van der Waals surface area contributed by atoms with Gasteiger partial charge in [-0.15, -0.1) is 0 Å². The molecule has 1 saturated heterocycles. The summed E-state index contributed by atoms with van der Waals surface area (Å²) in [6.07, 6.45) is 6.47. The summed E-state index contributed by atoms with van der Waals surface area (Å²) in [7, 11) is 0. The molecule has 1 saturated carbocycles. The van der Waals surface area contributed by atoms with Crippen LogP contribution in [-0.4, -0.2) is 29.7 Å². The zero-order chi connectivity index (χ0) is 22.7. The van der Waals surface area contributed by atoms with Crippen molar-refractivity contribution in [2.24, 2.45) is 5.41 Å². The maximum Gasteiger partial charge on any atom is 0.245 e. The van der Waals surface area contributed by atoms with E-state index in [2.05, 4.69) is 17.5 Å². The first-order valence-electron chi connectivity index (χ1n) is 10.4. The highest BCUT2D eigenvalue weighted by Crippen LogP contribution is 2.56. The molecule has 0 aromatic heterocycles. The number of allylic oxidation sites excluding steroid dienone is 2. The smallest absolute Gasteiger partial charge is 0.245 e. The van der Waals surface area contributed by atoms with E-state index in [-0.39, 0.29) is 11.7 Å². The topological polar surface area (TPSA) is 65.5 Å². The molecule has 0 unspecified atom stereocenters. The third kappa shape index (κ3) is 3.66. The number of ketones is 1. The first kappa shape index (κ1) is 21.0. The Morgan fingerprint density at radius 1 is 1.03 bits per heavy atom. The number of likely N-dealkylation sites (tertiary alicyclic amines) is 1. The van der Waals surface area contributed by atoms with E-state index in [9.17, 15) is 9.59 Å². The Kier molecular flexibility index (Phi) is 5.58. The van der Waals surface area contributed by atoms with Crippen molar-refractivity contribution in [3.63, 3.8) is 0 Å². The molecule has 1 aliphatic carbocycles. The van der Waals surface area contributed by atoms with Crippen LogP contribution < -0.4 is 0 Å². The van der Waals surface area contributed by atoms with Crippen LogP contribution in [0.15, 0.2) is 72.3 Å². The van der Waals surface area contributed by atoms with E-state index in [1.54, 1.807) is 29.2 Å². The van der Waals surface area contributed by atoms with Gasteiger partial charge in [0.15, 0.2) is 11.5 Å². The highest BCUT2D eigenvalue weighted by molar-refractivity contribution is 6.23. The normalized spacial score (nSPS) is 19.3. The zero-order valence-electron chi connectivity index (χ0n) is 17.5. The predicted molar refractivity (Wildman–Crippen MR) is 123 cm³/mol. The maximum atomic E-state index is 13.2. The standard InChI is InChI=1S/C27H21N3O2/c1-3-25(31)30-14-12-27(13-15-30)23(16-19-4-6-21(18-28)7-5-19)26(32)24(27)17-20-8-10-22(29-2)11-9-20/h3-11,16-17H,1,12-15H2/b23-16-,24-17-. The number of amides is 1. The Balaban J connectivity index is 1.71. The molecule has 5 heteroatoms. The van der Waals surface area contributed by atoms with Crippen LogP contribution >= 0.6 is 0 Å². The summed E-state index contributed by atoms with van der Waals surface area (Å²) in [5.74, 6) is -0.0875. The summed E-state index contributed by atoms with van der Waals surface area (Å²) >= 11 is 0. The molecular formula is C27H21N3O2. The number of carbonyl (C=O) groups is 2. The van der Waals surface area contributed by atoms with Gasteiger partial charge in [-0.25, -0.2) is 4.85 Å². The number of nitrogens with zero attached hydrogens (tertiary/aromatic N) is 3. The number of piperidine rings is 1. The summed E-state index contributed by atoms with van der Waals surface area (Å²) in [4.78, 5) is 30.5. The fourth-order valence-corrected chi connectivity index (χ4v) is 4.48. The van der Waals surface area contributed by atoms with Gasteiger partial charge in [0.2, 0.25) is 5.91 Å². The van der Waals surface area contributed by atoms with Gasteiger partial charge in [0, 0.05) is 29.7 Å². The second kappa shape index (κ2) is 8.49. The fraction of sp³-hybridized carbons (Fsp3) is 0.185. The largest absolute Gasteiger partial charge is 0.339 e. The summed E-state index contributed by atoms with van der Waals surface area (Å²) in [5.41, 5.74) is 3.96. The molecular weight excluding hydrogens is 398 g/mol. The highest BCUT2D eigenvalue weighted by Gasteiger charge is 2.54. The summed E-state index contributed by atoms with van der Waals surface area (Å²) in [6.45, 7) is 11.8. The van der Waals surface area contributed by atoms with Gasteiger partial charge in [-0.2, -0.15) is 5.26 Å². The Morgan fingerprint density at radius 3 is 2.03 bits per heavy atom. The van der Waals surface area contributed by atoms with E-state index in [1.165, 1.54) is 6.08 Å². The van der Waals surface area contributed by atoms with Crippen molar-refractivity contribution in [2.45, 2.75) is 12.8 Å². The van der Waals surface area contributed by atoms with Crippen LogP contribution in [0.2, 0.25) is 0 Å². The summed E-state index contributed by atoms with van der Waals surface area (Å²) in [6, 6.07) is 16.4. The van der Waals surface area contributed by atoms with E-state index in [0.717, 1.165) is 22.3 Å². The average molecular weight is 419 g/mol. The lowest BCUT2D eigenvalue weighted by Crippen LogP contribution is -2.52. The fourth-order valence-electron chi connectivity index (χ4n) is 4.48. The molecule has 4 rings (SSSR count). The lowest BCUT2D eigenvalue weighted by molar-refractivity contribution is -0.128. The number of carbonyl (C=O) groups excluding carboxylic acids is 2. The zero-order valence-corrected chi connectivity index (χ0v) is 17.5. The van der Waals surface area contributed by atoms with Crippen molar-refractivity contribution in [1.82, 2.24) is 4.90 Å².